The molecule has 1 aliphatic heterocycles. The standard InChI is InChI=1S/C10H18N2O/c1-2-12-10(13)6-5-9-4-3-7-11-8-9/h4,11H,2-3,5-8H2,1H3,(H,12,13). The first-order chi connectivity index (χ1) is 6.33. The van der Waals surface area contributed by atoms with Gasteiger partial charge in [-0.25, -0.2) is 0 Å². The number of amides is 1. The molecule has 0 aromatic heterocycles. The molecule has 1 rings (SSSR count). The highest BCUT2D eigenvalue weighted by atomic mass is 16.1. The average Bonchev–Trinajstić information content (AvgIpc) is 2.17. The van der Waals surface area contributed by atoms with Gasteiger partial charge in [0.05, 0.1) is 0 Å². The maximum Gasteiger partial charge on any atom is 0.220 e. The van der Waals surface area contributed by atoms with Crippen LogP contribution in [-0.2, 0) is 4.79 Å². The molecule has 0 spiro atoms. The zero-order valence-electron chi connectivity index (χ0n) is 8.23. The molecule has 3 nitrogen and oxygen atoms in total. The van der Waals surface area contributed by atoms with E-state index in [0.29, 0.717) is 6.42 Å². The lowest BCUT2D eigenvalue weighted by molar-refractivity contribution is -0.120. The first-order valence-electron chi connectivity index (χ1n) is 4.98. The van der Waals surface area contributed by atoms with Gasteiger partial charge in [0.2, 0.25) is 5.91 Å². The minimum atomic E-state index is 0.161. The molecule has 0 aromatic carbocycles. The van der Waals surface area contributed by atoms with E-state index in [2.05, 4.69) is 16.7 Å². The Bertz CT molecular complexity index is 199. The quantitative estimate of drug-likeness (QED) is 0.632. The molecule has 2 N–H and O–H groups in total. The summed E-state index contributed by atoms with van der Waals surface area (Å²) in [6.45, 7) is 4.71. The third kappa shape index (κ3) is 4.08. The Morgan fingerprint density at radius 3 is 3.15 bits per heavy atom. The van der Waals surface area contributed by atoms with Crippen molar-refractivity contribution in [3.63, 3.8) is 0 Å². The van der Waals surface area contributed by atoms with Gasteiger partial charge in [-0.05, 0) is 26.3 Å². The van der Waals surface area contributed by atoms with Gasteiger partial charge in [0.15, 0.2) is 0 Å². The number of rotatable bonds is 4. The highest BCUT2D eigenvalue weighted by Crippen LogP contribution is 2.08. The summed E-state index contributed by atoms with van der Waals surface area (Å²) in [7, 11) is 0. The van der Waals surface area contributed by atoms with E-state index < -0.39 is 0 Å². The molecule has 74 valence electrons. The Morgan fingerprint density at radius 1 is 1.69 bits per heavy atom. The summed E-state index contributed by atoms with van der Waals surface area (Å²) in [5.74, 6) is 0.161. The Balaban J connectivity index is 2.17. The van der Waals surface area contributed by atoms with Crippen molar-refractivity contribution in [2.24, 2.45) is 0 Å². The lowest BCUT2D eigenvalue weighted by atomic mass is 10.1. The fourth-order valence-corrected chi connectivity index (χ4v) is 1.45. The summed E-state index contributed by atoms with van der Waals surface area (Å²) in [6, 6.07) is 0. The van der Waals surface area contributed by atoms with E-state index in [-0.39, 0.29) is 5.91 Å². The molecule has 0 radical (unpaired) electrons. The van der Waals surface area contributed by atoms with Crippen LogP contribution >= 0.6 is 0 Å². The summed E-state index contributed by atoms with van der Waals surface area (Å²) in [5.41, 5.74) is 1.37. The van der Waals surface area contributed by atoms with Crippen LogP contribution in [-0.4, -0.2) is 25.5 Å². The van der Waals surface area contributed by atoms with E-state index in [1.165, 1.54) is 5.57 Å². The van der Waals surface area contributed by atoms with Crippen LogP contribution in [0.5, 0.6) is 0 Å². The Hall–Kier alpha value is -0.830. The Kier molecular flexibility index (Phi) is 4.54. The summed E-state index contributed by atoms with van der Waals surface area (Å²) < 4.78 is 0. The third-order valence-electron chi connectivity index (χ3n) is 2.15. The van der Waals surface area contributed by atoms with Crippen LogP contribution in [0.1, 0.15) is 26.2 Å². The normalized spacial score (nSPS) is 16.5. The molecule has 0 fully saturated rings. The minimum Gasteiger partial charge on any atom is -0.356 e. The smallest absolute Gasteiger partial charge is 0.220 e. The molecule has 13 heavy (non-hydrogen) atoms. The lowest BCUT2D eigenvalue weighted by Crippen LogP contribution is -2.25. The average molecular weight is 182 g/mol. The first kappa shape index (κ1) is 10.3. The fourth-order valence-electron chi connectivity index (χ4n) is 1.45. The van der Waals surface area contributed by atoms with Crippen molar-refractivity contribution < 1.29 is 4.79 Å². The van der Waals surface area contributed by atoms with Gasteiger partial charge in [0, 0.05) is 19.5 Å². The first-order valence-corrected chi connectivity index (χ1v) is 4.98. The van der Waals surface area contributed by atoms with Crippen molar-refractivity contribution in [3.8, 4) is 0 Å². The molecule has 0 bridgehead atoms. The highest BCUT2D eigenvalue weighted by Gasteiger charge is 2.05. The molecule has 0 aromatic rings. The second kappa shape index (κ2) is 5.75. The van der Waals surface area contributed by atoms with Crippen molar-refractivity contribution >= 4 is 5.91 Å². The van der Waals surface area contributed by atoms with Crippen LogP contribution in [0.2, 0.25) is 0 Å². The summed E-state index contributed by atoms with van der Waals surface area (Å²) in [5, 5.41) is 6.09. The zero-order chi connectivity index (χ0) is 9.52. The van der Waals surface area contributed by atoms with Crippen LogP contribution in [0, 0.1) is 0 Å². The number of hydrogen-bond donors (Lipinski definition) is 2. The van der Waals surface area contributed by atoms with E-state index in [4.69, 9.17) is 0 Å². The maximum absolute atomic E-state index is 11.1. The van der Waals surface area contributed by atoms with E-state index >= 15 is 0 Å². The molecule has 1 amide bonds. The van der Waals surface area contributed by atoms with Gasteiger partial charge in [0.1, 0.15) is 0 Å². The molecule has 0 saturated carbocycles. The molecule has 0 atom stereocenters. The topological polar surface area (TPSA) is 41.1 Å². The molecule has 1 aliphatic rings. The van der Waals surface area contributed by atoms with Crippen molar-refractivity contribution in [2.45, 2.75) is 26.2 Å². The maximum atomic E-state index is 11.1. The van der Waals surface area contributed by atoms with Crippen LogP contribution in [0.4, 0.5) is 0 Å². The van der Waals surface area contributed by atoms with Crippen molar-refractivity contribution in [1.29, 1.82) is 0 Å². The van der Waals surface area contributed by atoms with Gasteiger partial charge < -0.3 is 10.6 Å². The number of nitrogens with one attached hydrogen (secondary N) is 2. The zero-order valence-corrected chi connectivity index (χ0v) is 8.23. The molecule has 0 saturated heterocycles. The highest BCUT2D eigenvalue weighted by molar-refractivity contribution is 5.76. The Morgan fingerprint density at radius 2 is 2.54 bits per heavy atom. The summed E-state index contributed by atoms with van der Waals surface area (Å²) in [6.07, 6.45) is 4.88. The molecule has 1 heterocycles. The van der Waals surface area contributed by atoms with Gasteiger partial charge in [-0.3, -0.25) is 4.79 Å². The van der Waals surface area contributed by atoms with Crippen molar-refractivity contribution in [3.05, 3.63) is 11.6 Å². The van der Waals surface area contributed by atoms with E-state index in [0.717, 1.165) is 32.5 Å². The van der Waals surface area contributed by atoms with E-state index in [1.807, 2.05) is 6.92 Å². The Labute approximate surface area is 79.6 Å². The predicted molar refractivity (Wildman–Crippen MR) is 53.5 cm³/mol. The summed E-state index contributed by atoms with van der Waals surface area (Å²) in [4.78, 5) is 11.1. The van der Waals surface area contributed by atoms with Crippen LogP contribution in [0.15, 0.2) is 11.6 Å². The SMILES string of the molecule is CCNC(=O)CCC1=CCCNC1. The lowest BCUT2D eigenvalue weighted by Gasteiger charge is -2.13. The molecule has 0 unspecified atom stereocenters. The van der Waals surface area contributed by atoms with Gasteiger partial charge >= 0.3 is 0 Å². The van der Waals surface area contributed by atoms with Gasteiger partial charge in [-0.2, -0.15) is 0 Å². The number of carbonyl (C=O) groups excluding carboxylic acids is 1. The van der Waals surface area contributed by atoms with Crippen molar-refractivity contribution in [1.82, 2.24) is 10.6 Å². The largest absolute Gasteiger partial charge is 0.356 e. The molecule has 0 aliphatic carbocycles. The molecular formula is C10H18N2O. The van der Waals surface area contributed by atoms with Crippen LogP contribution in [0.3, 0.4) is 0 Å². The van der Waals surface area contributed by atoms with Crippen LogP contribution in [0.25, 0.3) is 0 Å². The van der Waals surface area contributed by atoms with Gasteiger partial charge in [-0.15, -0.1) is 0 Å². The van der Waals surface area contributed by atoms with Gasteiger partial charge in [-0.1, -0.05) is 11.6 Å². The minimum absolute atomic E-state index is 0.161. The van der Waals surface area contributed by atoms with Gasteiger partial charge in [0.25, 0.3) is 0 Å². The second-order valence-electron chi connectivity index (χ2n) is 3.28. The fraction of sp³-hybridized carbons (Fsp3) is 0.700. The second-order valence-corrected chi connectivity index (χ2v) is 3.28. The third-order valence-corrected chi connectivity index (χ3v) is 2.15. The molecular weight excluding hydrogens is 164 g/mol. The monoisotopic (exact) mass is 182 g/mol. The predicted octanol–water partition coefficient (Wildman–Crippen LogP) is 0.822. The number of hydrogen-bond acceptors (Lipinski definition) is 2. The van der Waals surface area contributed by atoms with E-state index in [9.17, 15) is 4.79 Å². The summed E-state index contributed by atoms with van der Waals surface area (Å²) >= 11 is 0. The molecule has 3 heteroatoms. The van der Waals surface area contributed by atoms with Crippen molar-refractivity contribution in [2.75, 3.05) is 19.6 Å². The number of carbonyl (C=O) groups is 1. The van der Waals surface area contributed by atoms with E-state index in [1.54, 1.807) is 0 Å². The van der Waals surface area contributed by atoms with Crippen LogP contribution < -0.4 is 10.6 Å².